The van der Waals surface area contributed by atoms with Gasteiger partial charge in [-0.25, -0.2) is 0 Å². The second kappa shape index (κ2) is 5.58. The Balaban J connectivity index is 1.74. The number of nitro groups is 1. The predicted molar refractivity (Wildman–Crippen MR) is 84.0 cm³/mol. The topological polar surface area (TPSA) is 88.0 Å². The average Bonchev–Trinajstić information content (AvgIpc) is 3.22. The van der Waals surface area contributed by atoms with Crippen molar-refractivity contribution in [3.05, 3.63) is 39.9 Å². The molecule has 4 atom stereocenters. The molecule has 2 aliphatic rings. The van der Waals surface area contributed by atoms with Crippen molar-refractivity contribution in [1.82, 2.24) is 10.2 Å². The molecule has 2 fully saturated rings. The van der Waals surface area contributed by atoms with E-state index in [4.69, 9.17) is 4.74 Å². The van der Waals surface area contributed by atoms with Crippen molar-refractivity contribution in [1.29, 1.82) is 0 Å². The van der Waals surface area contributed by atoms with Crippen molar-refractivity contribution >= 4 is 11.6 Å². The molecule has 0 aromatic heterocycles. The van der Waals surface area contributed by atoms with Gasteiger partial charge < -0.3 is 15.0 Å². The lowest BCUT2D eigenvalue weighted by atomic mass is 9.98. The van der Waals surface area contributed by atoms with E-state index in [1.807, 2.05) is 11.8 Å². The zero-order valence-corrected chi connectivity index (χ0v) is 13.5. The fourth-order valence-corrected chi connectivity index (χ4v) is 3.12. The summed E-state index contributed by atoms with van der Waals surface area (Å²) in [6.45, 7) is 7.29. The van der Waals surface area contributed by atoms with Crippen LogP contribution in [0.5, 0.6) is 0 Å². The number of non-ortho nitro benzene ring substituents is 1. The lowest BCUT2D eigenvalue weighted by Gasteiger charge is -2.38. The summed E-state index contributed by atoms with van der Waals surface area (Å²) in [6, 6.07) is 6.58. The maximum atomic E-state index is 12.9. The standard InChI is InChI=1S/C16H21N3O4/c1-10-9-18(11(2)8-17-10)15(20)16(3)14(23-16)12-4-6-13(7-5-12)19(21)22/h4-7,10-11,14,17H,8-9H2,1-3H3/t10-,11-,14+,16-/m0/s1. The number of carbonyl (C=O) groups is 1. The van der Waals surface area contributed by atoms with Gasteiger partial charge in [0.2, 0.25) is 0 Å². The van der Waals surface area contributed by atoms with Crippen LogP contribution < -0.4 is 5.32 Å². The molecule has 0 saturated carbocycles. The third-order valence-electron chi connectivity index (χ3n) is 4.66. The first-order valence-corrected chi connectivity index (χ1v) is 7.79. The number of piperazine rings is 1. The molecular formula is C16H21N3O4. The first-order chi connectivity index (χ1) is 10.8. The van der Waals surface area contributed by atoms with Gasteiger partial charge in [-0.05, 0) is 38.5 Å². The number of ether oxygens (including phenoxy) is 1. The van der Waals surface area contributed by atoms with Crippen molar-refractivity contribution in [2.24, 2.45) is 0 Å². The summed E-state index contributed by atoms with van der Waals surface area (Å²) in [5.41, 5.74) is -0.0455. The molecule has 2 saturated heterocycles. The van der Waals surface area contributed by atoms with Gasteiger partial charge in [0.1, 0.15) is 6.10 Å². The first-order valence-electron chi connectivity index (χ1n) is 7.79. The van der Waals surface area contributed by atoms with Crippen molar-refractivity contribution < 1.29 is 14.5 Å². The number of benzene rings is 1. The number of epoxide rings is 1. The Hall–Kier alpha value is -1.99. The minimum atomic E-state index is -0.874. The molecule has 7 heteroatoms. The number of nitro benzene ring substituents is 1. The van der Waals surface area contributed by atoms with Gasteiger partial charge in [0, 0.05) is 37.3 Å². The van der Waals surface area contributed by atoms with Gasteiger partial charge in [-0.1, -0.05) is 0 Å². The molecular weight excluding hydrogens is 298 g/mol. The number of hydrogen-bond donors (Lipinski definition) is 1. The molecule has 23 heavy (non-hydrogen) atoms. The second-order valence-corrected chi connectivity index (χ2v) is 6.57. The van der Waals surface area contributed by atoms with E-state index in [9.17, 15) is 14.9 Å². The highest BCUT2D eigenvalue weighted by Crippen LogP contribution is 2.50. The van der Waals surface area contributed by atoms with Crippen LogP contribution in [0.3, 0.4) is 0 Å². The van der Waals surface area contributed by atoms with Crippen molar-refractivity contribution in [3.8, 4) is 0 Å². The van der Waals surface area contributed by atoms with Crippen LogP contribution in [0.1, 0.15) is 32.4 Å². The molecule has 0 bridgehead atoms. The van der Waals surface area contributed by atoms with Crippen LogP contribution in [-0.4, -0.2) is 46.5 Å². The van der Waals surface area contributed by atoms with Gasteiger partial charge >= 0.3 is 0 Å². The van der Waals surface area contributed by atoms with E-state index >= 15 is 0 Å². The summed E-state index contributed by atoms with van der Waals surface area (Å²) in [6.07, 6.45) is -0.340. The summed E-state index contributed by atoms with van der Waals surface area (Å²) in [5, 5.41) is 14.1. The summed E-state index contributed by atoms with van der Waals surface area (Å²) >= 11 is 0. The summed E-state index contributed by atoms with van der Waals surface area (Å²) in [5.74, 6) is -0.0123. The summed E-state index contributed by atoms with van der Waals surface area (Å²) in [7, 11) is 0. The Labute approximate surface area is 134 Å². The minimum absolute atomic E-state index is 0.0123. The second-order valence-electron chi connectivity index (χ2n) is 6.57. The monoisotopic (exact) mass is 319 g/mol. The fraction of sp³-hybridized carbons (Fsp3) is 0.562. The maximum absolute atomic E-state index is 12.9. The SMILES string of the molecule is C[C@H]1CN(C(=O)[C@@]2(C)O[C@@H]2c2ccc([N+](=O)[O-])cc2)[C@@H](C)CN1. The van der Waals surface area contributed by atoms with Crippen LogP contribution in [-0.2, 0) is 9.53 Å². The third-order valence-corrected chi connectivity index (χ3v) is 4.66. The minimum Gasteiger partial charge on any atom is -0.351 e. The Morgan fingerprint density at radius 1 is 1.39 bits per heavy atom. The van der Waals surface area contributed by atoms with Gasteiger partial charge in [0.05, 0.1) is 4.92 Å². The van der Waals surface area contributed by atoms with E-state index in [-0.39, 0.29) is 29.8 Å². The van der Waals surface area contributed by atoms with Crippen molar-refractivity contribution in [2.45, 2.75) is 44.6 Å². The van der Waals surface area contributed by atoms with Gasteiger partial charge in [-0.15, -0.1) is 0 Å². The molecule has 1 N–H and O–H groups in total. The zero-order valence-electron chi connectivity index (χ0n) is 13.5. The smallest absolute Gasteiger partial charge is 0.269 e. The van der Waals surface area contributed by atoms with Gasteiger partial charge in [0.25, 0.3) is 11.6 Å². The van der Waals surface area contributed by atoms with Gasteiger partial charge in [0.15, 0.2) is 5.60 Å². The van der Waals surface area contributed by atoms with Gasteiger partial charge in [-0.3, -0.25) is 14.9 Å². The molecule has 124 valence electrons. The largest absolute Gasteiger partial charge is 0.351 e. The highest BCUT2D eigenvalue weighted by Gasteiger charge is 2.61. The van der Waals surface area contributed by atoms with E-state index < -0.39 is 10.5 Å². The Morgan fingerprint density at radius 3 is 2.65 bits per heavy atom. The van der Waals surface area contributed by atoms with Crippen molar-refractivity contribution in [3.63, 3.8) is 0 Å². The average molecular weight is 319 g/mol. The number of nitrogens with zero attached hydrogens (tertiary/aromatic N) is 2. The van der Waals surface area contributed by atoms with Crippen LogP contribution in [0.2, 0.25) is 0 Å². The molecule has 7 nitrogen and oxygen atoms in total. The zero-order chi connectivity index (χ0) is 16.8. The number of hydrogen-bond acceptors (Lipinski definition) is 5. The van der Waals surface area contributed by atoms with Crippen LogP contribution in [0.25, 0.3) is 0 Å². The quantitative estimate of drug-likeness (QED) is 0.520. The number of nitrogens with one attached hydrogen (secondary N) is 1. The number of carbonyl (C=O) groups excluding carboxylic acids is 1. The Kier molecular flexibility index (Phi) is 3.85. The predicted octanol–water partition coefficient (Wildman–Crippen LogP) is 1.63. The highest BCUT2D eigenvalue weighted by molar-refractivity contribution is 5.89. The van der Waals surface area contributed by atoms with E-state index in [0.29, 0.717) is 6.54 Å². The van der Waals surface area contributed by atoms with Crippen molar-refractivity contribution in [2.75, 3.05) is 13.1 Å². The fourth-order valence-electron chi connectivity index (χ4n) is 3.12. The normalized spacial score (nSPS) is 33.3. The number of amides is 1. The molecule has 0 spiro atoms. The molecule has 3 rings (SSSR count). The molecule has 0 radical (unpaired) electrons. The van der Waals surface area contributed by atoms with Gasteiger partial charge in [-0.2, -0.15) is 0 Å². The van der Waals surface area contributed by atoms with E-state index in [1.165, 1.54) is 12.1 Å². The van der Waals surface area contributed by atoms with Crippen LogP contribution in [0.15, 0.2) is 24.3 Å². The third kappa shape index (κ3) is 2.82. The summed E-state index contributed by atoms with van der Waals surface area (Å²) in [4.78, 5) is 25.0. The molecule has 0 unspecified atom stereocenters. The van der Waals surface area contributed by atoms with Crippen LogP contribution in [0, 0.1) is 10.1 Å². The molecule has 0 aliphatic carbocycles. The Bertz CT molecular complexity index is 633. The number of rotatable bonds is 3. The molecule has 2 heterocycles. The molecule has 2 aliphatic heterocycles. The molecule has 1 aromatic rings. The van der Waals surface area contributed by atoms with E-state index in [0.717, 1.165) is 12.1 Å². The first kappa shape index (κ1) is 15.9. The maximum Gasteiger partial charge on any atom is 0.269 e. The lowest BCUT2D eigenvalue weighted by molar-refractivity contribution is -0.384. The van der Waals surface area contributed by atoms with Crippen LogP contribution in [0.4, 0.5) is 5.69 Å². The van der Waals surface area contributed by atoms with E-state index in [2.05, 4.69) is 12.2 Å². The summed E-state index contributed by atoms with van der Waals surface area (Å²) < 4.78 is 5.71. The van der Waals surface area contributed by atoms with E-state index in [1.54, 1.807) is 19.1 Å². The van der Waals surface area contributed by atoms with Crippen LogP contribution >= 0.6 is 0 Å². The Morgan fingerprint density at radius 2 is 2.04 bits per heavy atom. The highest BCUT2D eigenvalue weighted by atomic mass is 16.6. The molecule has 1 aromatic carbocycles. The lowest BCUT2D eigenvalue weighted by Crippen LogP contribution is -2.58. The molecule has 1 amide bonds.